The number of ether oxygens (including phenoxy) is 2. The highest BCUT2D eigenvalue weighted by molar-refractivity contribution is 5.85. The summed E-state index contributed by atoms with van der Waals surface area (Å²) in [7, 11) is 0. The molecule has 2 aliphatic rings. The van der Waals surface area contributed by atoms with Crippen molar-refractivity contribution in [2.24, 2.45) is 5.92 Å². The van der Waals surface area contributed by atoms with Crippen molar-refractivity contribution in [3.63, 3.8) is 0 Å². The average Bonchev–Trinajstić information content (AvgIpc) is 2.80. The normalized spacial score (nSPS) is 31.2. The van der Waals surface area contributed by atoms with Crippen LogP contribution >= 0.6 is 0 Å². The van der Waals surface area contributed by atoms with E-state index in [-0.39, 0.29) is 24.0 Å². The third-order valence-electron chi connectivity index (χ3n) is 3.62. The van der Waals surface area contributed by atoms with E-state index in [9.17, 15) is 9.59 Å². The molecular weight excluding hydrogens is 220 g/mol. The van der Waals surface area contributed by atoms with Gasteiger partial charge in [0.15, 0.2) is 0 Å². The van der Waals surface area contributed by atoms with Gasteiger partial charge < -0.3 is 9.47 Å². The van der Waals surface area contributed by atoms with Crippen molar-refractivity contribution in [1.29, 1.82) is 0 Å². The van der Waals surface area contributed by atoms with E-state index in [1.807, 2.05) is 0 Å². The fourth-order valence-corrected chi connectivity index (χ4v) is 2.65. The Morgan fingerprint density at radius 1 is 1.12 bits per heavy atom. The number of esters is 2. The molecule has 0 saturated carbocycles. The molecule has 0 N–H and O–H groups in total. The Morgan fingerprint density at radius 2 is 1.88 bits per heavy atom. The van der Waals surface area contributed by atoms with Gasteiger partial charge in [-0.2, -0.15) is 0 Å². The summed E-state index contributed by atoms with van der Waals surface area (Å²) in [5.74, 6) is -0.631. The molecule has 0 aromatic rings. The minimum atomic E-state index is -0.608. The summed E-state index contributed by atoms with van der Waals surface area (Å²) in [6.07, 6.45) is 6.47. The largest absolute Gasteiger partial charge is 0.459 e. The van der Waals surface area contributed by atoms with Crippen LogP contribution < -0.4 is 0 Å². The third kappa shape index (κ3) is 2.79. The van der Waals surface area contributed by atoms with Gasteiger partial charge in [-0.3, -0.25) is 4.79 Å². The Hall–Kier alpha value is -1.06. The van der Waals surface area contributed by atoms with E-state index >= 15 is 0 Å². The van der Waals surface area contributed by atoms with Gasteiger partial charge in [-0.15, -0.1) is 0 Å². The van der Waals surface area contributed by atoms with Gasteiger partial charge in [0, 0.05) is 0 Å². The van der Waals surface area contributed by atoms with Crippen molar-refractivity contribution >= 4 is 11.9 Å². The van der Waals surface area contributed by atoms with E-state index < -0.39 is 6.10 Å². The maximum absolute atomic E-state index is 11.4. The zero-order valence-corrected chi connectivity index (χ0v) is 10.3. The lowest BCUT2D eigenvalue weighted by atomic mass is 9.93. The van der Waals surface area contributed by atoms with Crippen LogP contribution in [0.2, 0.25) is 0 Å². The third-order valence-corrected chi connectivity index (χ3v) is 3.62. The van der Waals surface area contributed by atoms with Gasteiger partial charge in [0.1, 0.15) is 6.10 Å². The molecule has 2 heterocycles. The standard InChI is InChI=1S/C13H20O4/c1-2-3-4-5-6-7-10-9-8-11(14)17-12(9)13(15)16-10/h9-10,12H,2-8H2,1H3/t9-,10-,12-/m1/s1. The maximum Gasteiger partial charge on any atom is 0.348 e. The van der Waals surface area contributed by atoms with Gasteiger partial charge in [0.2, 0.25) is 6.10 Å². The lowest BCUT2D eigenvalue weighted by Gasteiger charge is -2.13. The molecule has 0 spiro atoms. The second-order valence-electron chi connectivity index (χ2n) is 4.96. The molecule has 0 aromatic heterocycles. The molecular formula is C13H20O4. The molecule has 2 aliphatic heterocycles. The molecule has 0 amide bonds. The van der Waals surface area contributed by atoms with E-state index in [4.69, 9.17) is 9.47 Å². The molecule has 4 nitrogen and oxygen atoms in total. The maximum atomic E-state index is 11.4. The Morgan fingerprint density at radius 3 is 2.65 bits per heavy atom. The first-order chi connectivity index (χ1) is 8.22. The van der Waals surface area contributed by atoms with Crippen LogP contribution in [0.4, 0.5) is 0 Å². The van der Waals surface area contributed by atoms with Crippen molar-refractivity contribution < 1.29 is 19.1 Å². The molecule has 2 rings (SSSR count). The molecule has 17 heavy (non-hydrogen) atoms. The van der Waals surface area contributed by atoms with Crippen molar-refractivity contribution in [1.82, 2.24) is 0 Å². The number of fused-ring (bicyclic) bond motifs is 1. The van der Waals surface area contributed by atoms with Crippen molar-refractivity contribution in [3.05, 3.63) is 0 Å². The summed E-state index contributed by atoms with van der Waals surface area (Å²) in [5, 5.41) is 0. The zero-order valence-electron chi connectivity index (χ0n) is 10.3. The smallest absolute Gasteiger partial charge is 0.348 e. The number of hydrogen-bond acceptors (Lipinski definition) is 4. The lowest BCUT2D eigenvalue weighted by molar-refractivity contribution is -0.158. The van der Waals surface area contributed by atoms with Crippen LogP contribution in [0.15, 0.2) is 0 Å². The molecule has 0 aliphatic carbocycles. The van der Waals surface area contributed by atoms with Crippen LogP contribution in [-0.2, 0) is 19.1 Å². The first kappa shape index (κ1) is 12.4. The summed E-state index contributed by atoms with van der Waals surface area (Å²) in [5.41, 5.74) is 0. The van der Waals surface area contributed by atoms with Gasteiger partial charge in [-0.1, -0.05) is 32.6 Å². The van der Waals surface area contributed by atoms with Crippen molar-refractivity contribution in [2.45, 2.75) is 64.1 Å². The second kappa shape index (κ2) is 5.52. The molecule has 0 radical (unpaired) electrons. The van der Waals surface area contributed by atoms with Gasteiger partial charge in [0.05, 0.1) is 12.3 Å². The summed E-state index contributed by atoms with van der Waals surface area (Å²) < 4.78 is 10.2. The summed E-state index contributed by atoms with van der Waals surface area (Å²) in [6, 6.07) is 0. The highest BCUT2D eigenvalue weighted by atomic mass is 16.6. The lowest BCUT2D eigenvalue weighted by Crippen LogP contribution is -2.20. The van der Waals surface area contributed by atoms with E-state index in [1.165, 1.54) is 25.7 Å². The molecule has 0 unspecified atom stereocenters. The monoisotopic (exact) mass is 240 g/mol. The van der Waals surface area contributed by atoms with Crippen molar-refractivity contribution in [3.8, 4) is 0 Å². The van der Waals surface area contributed by atoms with E-state index in [0.29, 0.717) is 6.42 Å². The van der Waals surface area contributed by atoms with Gasteiger partial charge in [0.25, 0.3) is 0 Å². The molecule has 0 aromatic carbocycles. The summed E-state index contributed by atoms with van der Waals surface area (Å²) in [6.45, 7) is 2.19. The summed E-state index contributed by atoms with van der Waals surface area (Å²) >= 11 is 0. The first-order valence-electron chi connectivity index (χ1n) is 6.62. The predicted octanol–water partition coefficient (Wildman–Crippen LogP) is 2.20. The van der Waals surface area contributed by atoms with Gasteiger partial charge >= 0.3 is 11.9 Å². The Kier molecular flexibility index (Phi) is 4.02. The van der Waals surface area contributed by atoms with E-state index in [1.54, 1.807) is 0 Å². The summed E-state index contributed by atoms with van der Waals surface area (Å²) in [4.78, 5) is 22.6. The van der Waals surface area contributed by atoms with Crippen LogP contribution in [0.25, 0.3) is 0 Å². The first-order valence-corrected chi connectivity index (χ1v) is 6.62. The van der Waals surface area contributed by atoms with E-state index in [2.05, 4.69) is 6.92 Å². The predicted molar refractivity (Wildman–Crippen MR) is 61.2 cm³/mol. The Balaban J connectivity index is 1.74. The van der Waals surface area contributed by atoms with E-state index in [0.717, 1.165) is 12.8 Å². The average molecular weight is 240 g/mol. The number of cyclic esters (lactones) is 1. The second-order valence-corrected chi connectivity index (χ2v) is 4.96. The molecule has 3 atom stereocenters. The van der Waals surface area contributed by atoms with Gasteiger partial charge in [-0.05, 0) is 12.8 Å². The molecule has 2 fully saturated rings. The SMILES string of the molecule is CCCCCCC[C@H]1OC(=O)[C@@H]2OC(=O)C[C@H]12. The fourth-order valence-electron chi connectivity index (χ4n) is 2.65. The Bertz CT molecular complexity index is 300. The number of rotatable bonds is 6. The zero-order chi connectivity index (χ0) is 12.3. The molecule has 0 bridgehead atoms. The highest BCUT2D eigenvalue weighted by Crippen LogP contribution is 2.36. The molecule has 2 saturated heterocycles. The number of unbranched alkanes of at least 4 members (excludes halogenated alkanes) is 4. The minimum Gasteiger partial charge on any atom is -0.459 e. The van der Waals surface area contributed by atoms with Crippen molar-refractivity contribution in [2.75, 3.05) is 0 Å². The number of carbonyl (C=O) groups is 2. The van der Waals surface area contributed by atoms with Crippen LogP contribution in [0.1, 0.15) is 51.9 Å². The Labute approximate surface area is 102 Å². The van der Waals surface area contributed by atoms with Gasteiger partial charge in [-0.25, -0.2) is 4.79 Å². The minimum absolute atomic E-state index is 0.0267. The quantitative estimate of drug-likeness (QED) is 0.527. The number of hydrogen-bond donors (Lipinski definition) is 0. The molecule has 96 valence electrons. The fraction of sp³-hybridized carbons (Fsp3) is 0.846. The van der Waals surface area contributed by atoms with Crippen LogP contribution in [0.5, 0.6) is 0 Å². The van der Waals surface area contributed by atoms with Crippen LogP contribution in [0.3, 0.4) is 0 Å². The van der Waals surface area contributed by atoms with Crippen LogP contribution in [0, 0.1) is 5.92 Å². The number of carbonyl (C=O) groups excluding carboxylic acids is 2. The topological polar surface area (TPSA) is 52.6 Å². The molecule has 4 heteroatoms. The highest BCUT2D eigenvalue weighted by Gasteiger charge is 2.52. The van der Waals surface area contributed by atoms with Crippen LogP contribution in [-0.4, -0.2) is 24.1 Å².